The van der Waals surface area contributed by atoms with E-state index in [0.29, 0.717) is 11.8 Å². The van der Waals surface area contributed by atoms with Crippen LogP contribution >= 0.6 is 0 Å². The van der Waals surface area contributed by atoms with Gasteiger partial charge in [-0.1, -0.05) is 12.1 Å². The van der Waals surface area contributed by atoms with Gasteiger partial charge in [0.05, 0.1) is 21.0 Å². The molecule has 0 radical (unpaired) electrons. The second kappa shape index (κ2) is 3.62. The molecule has 0 N–H and O–H groups in total. The first-order valence-electron chi connectivity index (χ1n) is 3.78. The number of ether oxygens (including phenoxy) is 1. The van der Waals surface area contributed by atoms with Crippen LogP contribution in [-0.4, -0.2) is 7.11 Å². The predicted molar refractivity (Wildman–Crippen MR) is 42.3 cm³/mol. The Hall–Kier alpha value is -1.49. The van der Waals surface area contributed by atoms with Crippen molar-refractivity contribution in [3.05, 3.63) is 29.8 Å². The van der Waals surface area contributed by atoms with Crippen LogP contribution in [0.2, 0.25) is 0 Å². The summed E-state index contributed by atoms with van der Waals surface area (Å²) in [7, 11) is 1.55. The van der Waals surface area contributed by atoms with E-state index < -0.39 is 0 Å². The standard InChI is InChI=1S/C9H9NO/c1-11-9-4-2-8(3-5-9)6-7-10/h2-5H,6H2,1H3/i2D. The highest BCUT2D eigenvalue weighted by atomic mass is 16.5. The molecule has 0 spiro atoms. The molecular weight excluding hydrogens is 138 g/mol. The van der Waals surface area contributed by atoms with E-state index in [9.17, 15) is 0 Å². The monoisotopic (exact) mass is 148 g/mol. The van der Waals surface area contributed by atoms with Crippen LogP contribution < -0.4 is 4.74 Å². The van der Waals surface area contributed by atoms with Crippen LogP contribution in [0.1, 0.15) is 6.93 Å². The van der Waals surface area contributed by atoms with Gasteiger partial charge in [-0.2, -0.15) is 5.26 Å². The van der Waals surface area contributed by atoms with E-state index in [4.69, 9.17) is 11.4 Å². The molecule has 0 saturated heterocycles. The zero-order valence-electron chi connectivity index (χ0n) is 7.29. The van der Waals surface area contributed by atoms with Crippen LogP contribution in [0, 0.1) is 11.3 Å². The molecular formula is C9H9NO. The molecule has 1 aromatic rings. The lowest BCUT2D eigenvalue weighted by Crippen LogP contribution is -1.84. The number of hydrogen-bond donors (Lipinski definition) is 0. The lowest BCUT2D eigenvalue weighted by atomic mass is 10.2. The van der Waals surface area contributed by atoms with Gasteiger partial charge in [0.2, 0.25) is 0 Å². The molecule has 0 bridgehead atoms. The van der Waals surface area contributed by atoms with E-state index in [1.807, 2.05) is 6.07 Å². The minimum Gasteiger partial charge on any atom is -0.497 e. The Balaban J connectivity index is 2.97. The molecule has 11 heavy (non-hydrogen) atoms. The number of nitrogens with zero attached hydrogens (tertiary/aromatic N) is 1. The van der Waals surface area contributed by atoms with Gasteiger partial charge >= 0.3 is 0 Å². The third-order valence-corrected chi connectivity index (χ3v) is 1.35. The molecule has 0 amide bonds. The third-order valence-electron chi connectivity index (χ3n) is 1.35. The molecule has 0 aliphatic carbocycles. The van der Waals surface area contributed by atoms with Crippen molar-refractivity contribution in [2.45, 2.75) is 6.42 Å². The van der Waals surface area contributed by atoms with Gasteiger partial charge in [0, 0.05) is 0 Å². The third kappa shape index (κ3) is 1.98. The van der Waals surface area contributed by atoms with Gasteiger partial charge in [0.15, 0.2) is 0 Å². The minimum atomic E-state index is 0.281. The van der Waals surface area contributed by atoms with Gasteiger partial charge in [0.1, 0.15) is 5.75 Å². The van der Waals surface area contributed by atoms with Crippen molar-refractivity contribution in [1.82, 2.24) is 0 Å². The second-order valence-electron chi connectivity index (χ2n) is 2.09. The lowest BCUT2D eigenvalue weighted by Gasteiger charge is -1.98. The summed E-state index contributed by atoms with van der Waals surface area (Å²) < 4.78 is 12.4. The molecule has 1 aromatic carbocycles. The largest absolute Gasteiger partial charge is 0.497 e. The molecule has 0 fully saturated rings. The molecule has 0 saturated carbocycles. The van der Waals surface area contributed by atoms with Gasteiger partial charge in [0.25, 0.3) is 0 Å². The van der Waals surface area contributed by atoms with Crippen molar-refractivity contribution >= 4 is 0 Å². The molecule has 0 aromatic heterocycles. The van der Waals surface area contributed by atoms with E-state index in [1.54, 1.807) is 25.3 Å². The van der Waals surface area contributed by atoms with Crippen LogP contribution in [-0.2, 0) is 6.42 Å². The van der Waals surface area contributed by atoms with Gasteiger partial charge < -0.3 is 4.74 Å². The molecule has 0 unspecified atom stereocenters. The zero-order valence-corrected chi connectivity index (χ0v) is 6.29. The molecule has 2 nitrogen and oxygen atoms in total. The fraction of sp³-hybridized carbons (Fsp3) is 0.222. The van der Waals surface area contributed by atoms with Crippen LogP contribution in [0.15, 0.2) is 24.2 Å². The van der Waals surface area contributed by atoms with Crippen molar-refractivity contribution < 1.29 is 6.11 Å². The van der Waals surface area contributed by atoms with Crippen molar-refractivity contribution in [2.75, 3.05) is 7.11 Å². The van der Waals surface area contributed by atoms with Crippen molar-refractivity contribution in [1.29, 1.82) is 5.26 Å². The summed E-state index contributed by atoms with van der Waals surface area (Å²) in [6.07, 6.45) is 0.281. The highest BCUT2D eigenvalue weighted by Gasteiger charge is 1.91. The van der Waals surface area contributed by atoms with E-state index in [-0.39, 0.29) is 6.42 Å². The summed E-state index contributed by atoms with van der Waals surface area (Å²) in [6, 6.07) is 7.46. The summed E-state index contributed by atoms with van der Waals surface area (Å²) in [4.78, 5) is 0. The Morgan fingerprint density at radius 3 is 3.00 bits per heavy atom. The summed E-state index contributed by atoms with van der Waals surface area (Å²) >= 11 is 0. The second-order valence-corrected chi connectivity index (χ2v) is 2.09. The fourth-order valence-electron chi connectivity index (χ4n) is 0.765. The maximum Gasteiger partial charge on any atom is 0.118 e. The van der Waals surface area contributed by atoms with E-state index >= 15 is 0 Å². The maximum atomic E-state index is 8.41. The number of nitriles is 1. The summed E-state index contributed by atoms with van der Waals surface area (Å²) in [5.74, 6) is 0.654. The summed E-state index contributed by atoms with van der Waals surface area (Å²) in [5.41, 5.74) is 0.735. The van der Waals surface area contributed by atoms with E-state index in [0.717, 1.165) is 5.56 Å². The van der Waals surface area contributed by atoms with Crippen LogP contribution in [0.3, 0.4) is 0 Å². The van der Waals surface area contributed by atoms with Gasteiger partial charge in [-0.3, -0.25) is 0 Å². The first kappa shape index (κ1) is 6.23. The number of benzene rings is 1. The van der Waals surface area contributed by atoms with Crippen LogP contribution in [0.25, 0.3) is 0 Å². The predicted octanol–water partition coefficient (Wildman–Crippen LogP) is 1.76. The average molecular weight is 148 g/mol. The minimum absolute atomic E-state index is 0.281. The molecule has 0 heterocycles. The molecule has 0 atom stereocenters. The normalized spacial score (nSPS) is 10.0. The molecule has 0 aliphatic rings. The number of rotatable bonds is 2. The Labute approximate surface area is 67.4 Å². The van der Waals surface area contributed by atoms with Crippen molar-refractivity contribution in [3.63, 3.8) is 0 Å². The first-order valence-corrected chi connectivity index (χ1v) is 3.28. The van der Waals surface area contributed by atoms with Gasteiger partial charge in [-0.25, -0.2) is 0 Å². The van der Waals surface area contributed by atoms with Crippen molar-refractivity contribution in [2.24, 2.45) is 0 Å². The molecule has 1 rings (SSSR count). The summed E-state index contributed by atoms with van der Waals surface area (Å²) in [5, 5.41) is 8.41. The average Bonchev–Trinajstić information content (AvgIpc) is 2.09. The smallest absolute Gasteiger partial charge is 0.118 e. The zero-order chi connectivity index (χ0) is 8.97. The topological polar surface area (TPSA) is 33.0 Å². The summed E-state index contributed by atoms with van der Waals surface area (Å²) in [6.45, 7) is 0. The van der Waals surface area contributed by atoms with Crippen LogP contribution in [0.5, 0.6) is 5.75 Å². The fourth-order valence-corrected chi connectivity index (χ4v) is 0.765. The van der Waals surface area contributed by atoms with Gasteiger partial charge in [-0.15, -0.1) is 0 Å². The Morgan fingerprint density at radius 1 is 1.64 bits per heavy atom. The first-order chi connectivity index (χ1) is 5.77. The highest BCUT2D eigenvalue weighted by molar-refractivity contribution is 5.28. The number of methoxy groups -OCH3 is 1. The maximum absolute atomic E-state index is 8.41. The Kier molecular flexibility index (Phi) is 2.05. The van der Waals surface area contributed by atoms with Gasteiger partial charge in [-0.05, 0) is 17.7 Å². The molecule has 56 valence electrons. The van der Waals surface area contributed by atoms with Crippen molar-refractivity contribution in [3.8, 4) is 11.8 Å². The van der Waals surface area contributed by atoms with Crippen LogP contribution in [0.4, 0.5) is 0 Å². The Morgan fingerprint density at radius 2 is 2.45 bits per heavy atom. The quantitative estimate of drug-likeness (QED) is 0.640. The SMILES string of the molecule is [2H]c1cc(OC)ccc1CC#N. The molecule has 2 heteroatoms. The highest BCUT2D eigenvalue weighted by Crippen LogP contribution is 2.10. The van der Waals surface area contributed by atoms with E-state index in [1.165, 1.54) is 0 Å². The molecule has 0 aliphatic heterocycles. The lowest BCUT2D eigenvalue weighted by molar-refractivity contribution is 0.414. The number of hydrogen-bond acceptors (Lipinski definition) is 2. The van der Waals surface area contributed by atoms with E-state index in [2.05, 4.69) is 0 Å². The Bertz CT molecular complexity index is 317.